The van der Waals surface area contributed by atoms with E-state index in [1.54, 1.807) is 0 Å². The first-order valence-electron chi connectivity index (χ1n) is 3.44. The average Bonchev–Trinajstić information content (AvgIpc) is 2.10. The topological polar surface area (TPSA) is 58.6 Å². The SMILES string of the molecule is COC(=O)C(O)CNCC=CF. The molecule has 70 valence electrons. The van der Waals surface area contributed by atoms with Gasteiger partial charge in [0.2, 0.25) is 0 Å². The third-order valence-electron chi connectivity index (χ3n) is 1.16. The number of carbonyl (C=O) groups excluding carboxylic acids is 1. The Balaban J connectivity index is 3.43. The van der Waals surface area contributed by atoms with Crippen molar-refractivity contribution in [3.05, 3.63) is 12.4 Å². The molecule has 2 N–H and O–H groups in total. The molecule has 0 fully saturated rings. The number of nitrogens with one attached hydrogen (secondary N) is 1. The van der Waals surface area contributed by atoms with Crippen molar-refractivity contribution < 1.29 is 19.0 Å². The Labute approximate surface area is 70.0 Å². The molecule has 0 saturated carbocycles. The second kappa shape index (κ2) is 6.75. The molecule has 0 saturated heterocycles. The summed E-state index contributed by atoms with van der Waals surface area (Å²) in [6.45, 7) is 0.321. The van der Waals surface area contributed by atoms with Gasteiger partial charge in [-0.3, -0.25) is 0 Å². The zero-order valence-corrected chi connectivity index (χ0v) is 6.79. The minimum absolute atomic E-state index is 0.0526. The first-order chi connectivity index (χ1) is 5.72. The molecular formula is C7H12FNO3. The van der Waals surface area contributed by atoms with Crippen LogP contribution in [-0.4, -0.2) is 37.4 Å². The summed E-state index contributed by atoms with van der Waals surface area (Å²) in [4.78, 5) is 10.6. The lowest BCUT2D eigenvalue weighted by Gasteiger charge is -2.07. The predicted octanol–water partition coefficient (Wildman–Crippen LogP) is -0.407. The van der Waals surface area contributed by atoms with Crippen LogP contribution in [0.3, 0.4) is 0 Å². The molecule has 0 aliphatic rings. The molecule has 0 spiro atoms. The summed E-state index contributed by atoms with van der Waals surface area (Å²) in [6.07, 6.45) is 0.421. The van der Waals surface area contributed by atoms with E-state index < -0.39 is 12.1 Å². The summed E-state index contributed by atoms with van der Waals surface area (Å²) < 4.78 is 15.6. The number of hydrogen-bond donors (Lipinski definition) is 2. The Bertz CT molecular complexity index is 161. The smallest absolute Gasteiger partial charge is 0.336 e. The molecule has 0 aromatic rings. The summed E-state index contributed by atoms with van der Waals surface area (Å²) in [5, 5.41) is 11.6. The van der Waals surface area contributed by atoms with Gasteiger partial charge in [-0.25, -0.2) is 9.18 Å². The summed E-state index contributed by atoms with van der Waals surface area (Å²) in [5.74, 6) is -0.702. The van der Waals surface area contributed by atoms with Gasteiger partial charge in [-0.05, 0) is 6.08 Å². The van der Waals surface area contributed by atoms with Gasteiger partial charge in [-0.2, -0.15) is 0 Å². The fourth-order valence-electron chi connectivity index (χ4n) is 0.567. The number of aliphatic hydroxyl groups is 1. The number of esters is 1. The minimum Gasteiger partial charge on any atom is -0.467 e. The maximum absolute atomic E-state index is 11.4. The van der Waals surface area contributed by atoms with E-state index in [1.165, 1.54) is 13.2 Å². The summed E-state index contributed by atoms with van der Waals surface area (Å²) in [6, 6.07) is 0. The van der Waals surface area contributed by atoms with Gasteiger partial charge < -0.3 is 15.2 Å². The number of ether oxygens (including phenoxy) is 1. The van der Waals surface area contributed by atoms with Crippen molar-refractivity contribution >= 4 is 5.97 Å². The highest BCUT2D eigenvalue weighted by atomic mass is 19.1. The van der Waals surface area contributed by atoms with Gasteiger partial charge in [0.1, 0.15) is 0 Å². The molecule has 0 aromatic carbocycles. The highest BCUT2D eigenvalue weighted by molar-refractivity contribution is 5.74. The monoisotopic (exact) mass is 177 g/mol. The second-order valence-corrected chi connectivity index (χ2v) is 2.06. The normalized spacial score (nSPS) is 13.2. The summed E-state index contributed by atoms with van der Waals surface area (Å²) >= 11 is 0. The Morgan fingerprint density at radius 3 is 3.00 bits per heavy atom. The van der Waals surface area contributed by atoms with Crippen molar-refractivity contribution in [2.45, 2.75) is 6.10 Å². The molecule has 0 amide bonds. The van der Waals surface area contributed by atoms with Crippen molar-refractivity contribution in [3.63, 3.8) is 0 Å². The number of hydrogen-bond acceptors (Lipinski definition) is 4. The lowest BCUT2D eigenvalue weighted by Crippen LogP contribution is -2.34. The van der Waals surface area contributed by atoms with Gasteiger partial charge in [-0.1, -0.05) is 0 Å². The molecule has 0 radical (unpaired) electrons. The van der Waals surface area contributed by atoms with E-state index in [1.807, 2.05) is 0 Å². The third-order valence-corrected chi connectivity index (χ3v) is 1.16. The molecular weight excluding hydrogens is 165 g/mol. The standard InChI is InChI=1S/C7H12FNO3/c1-12-7(11)6(10)5-9-4-2-3-8/h2-3,6,9-10H,4-5H2,1H3. The van der Waals surface area contributed by atoms with E-state index in [9.17, 15) is 9.18 Å². The van der Waals surface area contributed by atoms with E-state index in [0.29, 0.717) is 6.33 Å². The maximum atomic E-state index is 11.4. The highest BCUT2D eigenvalue weighted by Crippen LogP contribution is 1.84. The van der Waals surface area contributed by atoms with E-state index in [4.69, 9.17) is 5.11 Å². The lowest BCUT2D eigenvalue weighted by molar-refractivity contribution is -0.150. The minimum atomic E-state index is -1.19. The Hall–Kier alpha value is -0.940. The molecule has 5 heteroatoms. The van der Waals surface area contributed by atoms with Crippen molar-refractivity contribution in [1.29, 1.82) is 0 Å². The molecule has 0 aliphatic heterocycles. The average molecular weight is 177 g/mol. The van der Waals surface area contributed by atoms with Crippen LogP contribution in [-0.2, 0) is 9.53 Å². The fourth-order valence-corrected chi connectivity index (χ4v) is 0.567. The number of aliphatic hydroxyl groups excluding tert-OH is 1. The number of carbonyl (C=O) groups is 1. The Morgan fingerprint density at radius 2 is 2.50 bits per heavy atom. The fraction of sp³-hybridized carbons (Fsp3) is 0.571. The van der Waals surface area contributed by atoms with Crippen LogP contribution < -0.4 is 5.32 Å². The van der Waals surface area contributed by atoms with Crippen LogP contribution in [0.2, 0.25) is 0 Å². The lowest BCUT2D eigenvalue weighted by atomic mass is 10.3. The second-order valence-electron chi connectivity index (χ2n) is 2.06. The van der Waals surface area contributed by atoms with Crippen LogP contribution in [0.15, 0.2) is 12.4 Å². The van der Waals surface area contributed by atoms with Crippen molar-refractivity contribution in [2.75, 3.05) is 20.2 Å². The van der Waals surface area contributed by atoms with Crippen molar-refractivity contribution in [3.8, 4) is 0 Å². The first kappa shape index (κ1) is 11.1. The van der Waals surface area contributed by atoms with Crippen LogP contribution in [0.4, 0.5) is 4.39 Å². The van der Waals surface area contributed by atoms with E-state index in [0.717, 1.165) is 0 Å². The predicted molar refractivity (Wildman–Crippen MR) is 41.1 cm³/mol. The van der Waals surface area contributed by atoms with E-state index in [-0.39, 0.29) is 13.1 Å². The van der Waals surface area contributed by atoms with E-state index in [2.05, 4.69) is 10.1 Å². The van der Waals surface area contributed by atoms with Gasteiger partial charge in [0, 0.05) is 13.1 Å². The molecule has 0 heterocycles. The molecule has 1 unspecified atom stereocenters. The number of methoxy groups -OCH3 is 1. The van der Waals surface area contributed by atoms with E-state index >= 15 is 0 Å². The van der Waals surface area contributed by atoms with Crippen LogP contribution >= 0.6 is 0 Å². The third kappa shape index (κ3) is 4.81. The van der Waals surface area contributed by atoms with Gasteiger partial charge >= 0.3 is 5.97 Å². The Kier molecular flexibility index (Phi) is 6.22. The zero-order chi connectivity index (χ0) is 9.40. The van der Waals surface area contributed by atoms with Gasteiger partial charge in [-0.15, -0.1) is 0 Å². The quantitative estimate of drug-likeness (QED) is 0.443. The first-order valence-corrected chi connectivity index (χ1v) is 3.44. The number of rotatable bonds is 5. The number of halogens is 1. The molecule has 0 rings (SSSR count). The van der Waals surface area contributed by atoms with Crippen molar-refractivity contribution in [1.82, 2.24) is 5.32 Å². The summed E-state index contributed by atoms with van der Waals surface area (Å²) in [5.41, 5.74) is 0. The van der Waals surface area contributed by atoms with Gasteiger partial charge in [0.05, 0.1) is 13.4 Å². The summed E-state index contributed by atoms with van der Waals surface area (Å²) in [7, 11) is 1.19. The molecule has 1 atom stereocenters. The van der Waals surface area contributed by atoms with Crippen molar-refractivity contribution in [2.24, 2.45) is 0 Å². The molecule has 0 aromatic heterocycles. The molecule has 12 heavy (non-hydrogen) atoms. The zero-order valence-electron chi connectivity index (χ0n) is 6.79. The highest BCUT2D eigenvalue weighted by Gasteiger charge is 2.13. The van der Waals surface area contributed by atoms with Gasteiger partial charge in [0.15, 0.2) is 6.10 Å². The molecule has 0 bridgehead atoms. The Morgan fingerprint density at radius 1 is 1.83 bits per heavy atom. The molecule has 4 nitrogen and oxygen atoms in total. The van der Waals surface area contributed by atoms with Crippen LogP contribution in [0.5, 0.6) is 0 Å². The largest absolute Gasteiger partial charge is 0.467 e. The van der Waals surface area contributed by atoms with Crippen LogP contribution in [0.1, 0.15) is 0 Å². The maximum Gasteiger partial charge on any atom is 0.336 e. The van der Waals surface area contributed by atoms with Crippen LogP contribution in [0, 0.1) is 0 Å². The molecule has 0 aliphatic carbocycles. The van der Waals surface area contributed by atoms with Gasteiger partial charge in [0.25, 0.3) is 0 Å². The van der Waals surface area contributed by atoms with Crippen LogP contribution in [0.25, 0.3) is 0 Å².